The molecule has 44 heavy (non-hydrogen) atoms. The maximum Gasteiger partial charge on any atom is 0.274 e. The van der Waals surface area contributed by atoms with Gasteiger partial charge in [-0.15, -0.1) is 0 Å². The standard InChI is InChI=1S/C32H35ClFN5O5/c1-20-23(5-4-8-29(20)44-19-28-25(33)15-22(18-36-12-14-41)32(39-28)43-2)24-6-3-7-26(30(24)34)38-31(42)27-10-9-21(17-37-27)16-35-11-13-40/h3-10,15,17,35-36,40-41H,11-14,16,18-19H2,1-2H3,(H,38,42). The Hall–Kier alpha value is -4.13. The highest BCUT2D eigenvalue weighted by atomic mass is 35.5. The predicted octanol–water partition coefficient (Wildman–Crippen LogP) is 4.25. The summed E-state index contributed by atoms with van der Waals surface area (Å²) in [7, 11) is 1.52. The zero-order chi connectivity index (χ0) is 31.5. The highest BCUT2D eigenvalue weighted by Crippen LogP contribution is 2.35. The molecular weight excluding hydrogens is 589 g/mol. The molecule has 232 valence electrons. The van der Waals surface area contributed by atoms with E-state index in [4.69, 9.17) is 31.3 Å². The van der Waals surface area contributed by atoms with Crippen molar-refractivity contribution in [1.82, 2.24) is 20.6 Å². The molecule has 2 aromatic carbocycles. The first-order valence-corrected chi connectivity index (χ1v) is 14.4. The molecule has 4 rings (SSSR count). The number of rotatable bonds is 15. The van der Waals surface area contributed by atoms with Crippen molar-refractivity contribution in [2.45, 2.75) is 26.6 Å². The lowest BCUT2D eigenvalue weighted by Crippen LogP contribution is -2.18. The van der Waals surface area contributed by atoms with Crippen molar-refractivity contribution in [3.8, 4) is 22.8 Å². The topological polar surface area (TPSA) is 138 Å². The summed E-state index contributed by atoms with van der Waals surface area (Å²) >= 11 is 6.49. The summed E-state index contributed by atoms with van der Waals surface area (Å²) in [5.41, 5.74) is 3.80. The highest BCUT2D eigenvalue weighted by molar-refractivity contribution is 6.31. The van der Waals surface area contributed by atoms with Crippen LogP contribution in [-0.4, -0.2) is 59.5 Å². The normalized spacial score (nSPS) is 11.0. The smallest absolute Gasteiger partial charge is 0.274 e. The third-order valence-electron chi connectivity index (χ3n) is 6.75. The van der Waals surface area contributed by atoms with Crippen molar-refractivity contribution in [1.29, 1.82) is 0 Å². The maximum atomic E-state index is 15.8. The van der Waals surface area contributed by atoms with Crippen LogP contribution in [0.1, 0.15) is 32.9 Å². The number of aromatic nitrogens is 2. The van der Waals surface area contributed by atoms with E-state index in [1.807, 2.05) is 6.92 Å². The number of nitrogens with one attached hydrogen (secondary N) is 3. The van der Waals surface area contributed by atoms with Crippen LogP contribution in [0.15, 0.2) is 60.8 Å². The molecule has 2 heterocycles. The van der Waals surface area contributed by atoms with Gasteiger partial charge in [-0.05, 0) is 47.9 Å². The fourth-order valence-electron chi connectivity index (χ4n) is 4.46. The van der Waals surface area contributed by atoms with E-state index in [1.165, 1.54) is 13.2 Å². The average molecular weight is 624 g/mol. The van der Waals surface area contributed by atoms with Gasteiger partial charge in [-0.3, -0.25) is 9.78 Å². The Labute approximate surface area is 260 Å². The van der Waals surface area contributed by atoms with Crippen molar-refractivity contribution < 1.29 is 28.9 Å². The summed E-state index contributed by atoms with van der Waals surface area (Å²) in [4.78, 5) is 21.5. The zero-order valence-electron chi connectivity index (χ0n) is 24.5. The second-order valence-electron chi connectivity index (χ2n) is 9.78. The molecule has 0 radical (unpaired) electrons. The lowest BCUT2D eigenvalue weighted by Gasteiger charge is -2.16. The minimum atomic E-state index is -0.592. The molecule has 0 saturated heterocycles. The van der Waals surface area contributed by atoms with Gasteiger partial charge in [-0.25, -0.2) is 9.37 Å². The number of amides is 1. The predicted molar refractivity (Wildman–Crippen MR) is 166 cm³/mol. The molecule has 10 nitrogen and oxygen atoms in total. The average Bonchev–Trinajstić information content (AvgIpc) is 3.03. The van der Waals surface area contributed by atoms with Gasteiger partial charge in [0.2, 0.25) is 5.88 Å². The zero-order valence-corrected chi connectivity index (χ0v) is 25.2. The van der Waals surface area contributed by atoms with E-state index in [-0.39, 0.29) is 31.2 Å². The highest BCUT2D eigenvalue weighted by Gasteiger charge is 2.18. The van der Waals surface area contributed by atoms with E-state index in [1.54, 1.807) is 54.7 Å². The quantitative estimate of drug-likeness (QED) is 0.123. The van der Waals surface area contributed by atoms with Gasteiger partial charge in [-0.2, -0.15) is 0 Å². The Morgan fingerprint density at radius 1 is 1.00 bits per heavy atom. The van der Waals surface area contributed by atoms with Crippen LogP contribution >= 0.6 is 11.6 Å². The first kappa shape index (κ1) is 32.8. The van der Waals surface area contributed by atoms with Crippen molar-refractivity contribution in [3.05, 3.63) is 99.7 Å². The van der Waals surface area contributed by atoms with Crippen molar-refractivity contribution >= 4 is 23.2 Å². The second-order valence-corrected chi connectivity index (χ2v) is 10.2. The van der Waals surface area contributed by atoms with Crippen LogP contribution in [-0.2, 0) is 19.7 Å². The van der Waals surface area contributed by atoms with Crippen LogP contribution in [0.25, 0.3) is 11.1 Å². The number of nitrogens with zero attached hydrogens (tertiary/aromatic N) is 2. The maximum absolute atomic E-state index is 15.8. The molecule has 0 atom stereocenters. The van der Waals surface area contributed by atoms with E-state index in [9.17, 15) is 4.79 Å². The van der Waals surface area contributed by atoms with E-state index >= 15 is 4.39 Å². The fraction of sp³-hybridized carbons (Fsp3) is 0.281. The molecule has 0 saturated carbocycles. The monoisotopic (exact) mass is 623 g/mol. The van der Waals surface area contributed by atoms with E-state index in [2.05, 4.69) is 25.9 Å². The Kier molecular flexibility index (Phi) is 12.0. The summed E-state index contributed by atoms with van der Waals surface area (Å²) in [6.07, 6.45) is 1.56. The van der Waals surface area contributed by atoms with E-state index in [0.717, 1.165) is 11.1 Å². The third kappa shape index (κ3) is 8.28. The first-order chi connectivity index (χ1) is 21.4. The van der Waals surface area contributed by atoms with Crippen molar-refractivity contribution in [3.63, 3.8) is 0 Å². The number of ether oxygens (including phenoxy) is 2. The molecule has 12 heteroatoms. The minimum Gasteiger partial charge on any atom is -0.487 e. The second kappa shape index (κ2) is 16.1. The molecule has 2 aromatic heterocycles. The van der Waals surface area contributed by atoms with Gasteiger partial charge in [0, 0.05) is 43.5 Å². The number of benzene rings is 2. The number of halogens is 2. The van der Waals surface area contributed by atoms with Crippen molar-refractivity contribution in [2.24, 2.45) is 0 Å². The number of hydrogen-bond donors (Lipinski definition) is 5. The third-order valence-corrected chi connectivity index (χ3v) is 7.07. The van der Waals surface area contributed by atoms with E-state index in [0.29, 0.717) is 65.2 Å². The summed E-state index contributed by atoms with van der Waals surface area (Å²) in [6.45, 7) is 3.71. The van der Waals surface area contributed by atoms with Gasteiger partial charge < -0.3 is 35.6 Å². The van der Waals surface area contributed by atoms with Crippen LogP contribution in [0.5, 0.6) is 11.6 Å². The number of methoxy groups -OCH3 is 1. The lowest BCUT2D eigenvalue weighted by molar-refractivity contribution is 0.102. The summed E-state index contributed by atoms with van der Waals surface area (Å²) in [5, 5.41) is 27.0. The fourth-order valence-corrected chi connectivity index (χ4v) is 4.69. The SMILES string of the molecule is COc1nc(COc2cccc(-c3cccc(NC(=O)c4ccc(CNCCO)cn4)c3F)c2C)c(Cl)cc1CNCCO. The first-order valence-electron chi connectivity index (χ1n) is 14.0. The molecule has 0 spiro atoms. The van der Waals surface area contributed by atoms with Gasteiger partial charge in [0.15, 0.2) is 5.82 Å². The summed E-state index contributed by atoms with van der Waals surface area (Å²) in [6, 6.07) is 15.2. The van der Waals surface area contributed by atoms with Crippen LogP contribution in [0.3, 0.4) is 0 Å². The molecule has 0 aliphatic carbocycles. The molecule has 1 amide bonds. The lowest BCUT2D eigenvalue weighted by atomic mass is 9.98. The Morgan fingerprint density at radius 2 is 1.73 bits per heavy atom. The molecule has 0 unspecified atom stereocenters. The summed E-state index contributed by atoms with van der Waals surface area (Å²) in [5.74, 6) is -0.226. The van der Waals surface area contributed by atoms with Gasteiger partial charge in [0.05, 0.1) is 31.0 Å². The largest absolute Gasteiger partial charge is 0.487 e. The molecule has 5 N–H and O–H groups in total. The number of aliphatic hydroxyl groups is 2. The van der Waals surface area contributed by atoms with Crippen LogP contribution < -0.4 is 25.4 Å². The Bertz CT molecular complexity index is 1570. The molecular formula is C32H35ClFN5O5. The summed E-state index contributed by atoms with van der Waals surface area (Å²) < 4.78 is 27.2. The van der Waals surface area contributed by atoms with Gasteiger partial charge >= 0.3 is 0 Å². The minimum absolute atomic E-state index is 0.00847. The number of carbonyl (C=O) groups excluding carboxylic acids is 1. The molecule has 4 aromatic rings. The van der Waals surface area contributed by atoms with Crippen molar-refractivity contribution in [2.75, 3.05) is 38.7 Å². The number of pyridine rings is 2. The Morgan fingerprint density at radius 3 is 2.43 bits per heavy atom. The molecule has 0 aliphatic heterocycles. The molecule has 0 aliphatic rings. The number of hydrogen-bond acceptors (Lipinski definition) is 9. The van der Waals surface area contributed by atoms with Crippen LogP contribution in [0.2, 0.25) is 5.02 Å². The van der Waals surface area contributed by atoms with Gasteiger partial charge in [0.1, 0.15) is 23.7 Å². The Balaban J connectivity index is 1.49. The number of aliphatic hydroxyl groups excluding tert-OH is 2. The molecule has 0 fully saturated rings. The number of carbonyl (C=O) groups is 1. The van der Waals surface area contributed by atoms with E-state index < -0.39 is 11.7 Å². The van der Waals surface area contributed by atoms with Gasteiger partial charge in [-0.1, -0.05) is 41.9 Å². The van der Waals surface area contributed by atoms with Crippen LogP contribution in [0, 0.1) is 12.7 Å². The van der Waals surface area contributed by atoms with Gasteiger partial charge in [0.25, 0.3) is 5.91 Å². The number of anilines is 1. The molecule has 0 bridgehead atoms. The van der Waals surface area contributed by atoms with Crippen LogP contribution in [0.4, 0.5) is 10.1 Å².